The predicted molar refractivity (Wildman–Crippen MR) is 101 cm³/mol. The number of urea groups is 1. The number of hydrogen-bond donors (Lipinski definition) is 2. The van der Waals surface area contributed by atoms with Gasteiger partial charge in [0.05, 0.1) is 18.7 Å². The third-order valence-electron chi connectivity index (χ3n) is 3.83. The molecule has 0 aromatic heterocycles. The fourth-order valence-electron chi connectivity index (χ4n) is 2.40. The van der Waals surface area contributed by atoms with Crippen LogP contribution in [0.2, 0.25) is 0 Å². The number of carbonyl (C=O) groups excluding carboxylic acids is 2. The van der Waals surface area contributed by atoms with E-state index in [1.165, 1.54) is 26.2 Å². The number of anilines is 1. The fraction of sp³-hybridized carbons (Fsp3) is 0.250. The van der Waals surface area contributed by atoms with Crippen LogP contribution in [0.3, 0.4) is 0 Å². The zero-order chi connectivity index (χ0) is 20.0. The summed E-state index contributed by atoms with van der Waals surface area (Å²) in [4.78, 5) is 24.3. The van der Waals surface area contributed by atoms with Gasteiger partial charge in [0.15, 0.2) is 17.6 Å². The van der Waals surface area contributed by atoms with E-state index in [-0.39, 0.29) is 0 Å². The monoisotopic (exact) mass is 367 g/mol. The molecule has 140 valence electrons. The largest absolute Gasteiger partial charge is 0.493 e. The third kappa shape index (κ3) is 5.22. The molecule has 3 amide bonds. The number of hydrogen-bond acceptors (Lipinski definition) is 5. The van der Waals surface area contributed by atoms with E-state index in [9.17, 15) is 9.59 Å². The van der Waals surface area contributed by atoms with Crippen molar-refractivity contribution in [3.8, 4) is 17.6 Å². The molecular weight excluding hydrogens is 346 g/mol. The molecule has 27 heavy (non-hydrogen) atoms. The number of carbonyl (C=O) groups is 2. The van der Waals surface area contributed by atoms with E-state index in [0.717, 1.165) is 11.1 Å². The van der Waals surface area contributed by atoms with Crippen molar-refractivity contribution in [1.82, 2.24) is 5.32 Å². The Bertz CT molecular complexity index is 903. The average Bonchev–Trinajstić information content (AvgIpc) is 2.64. The molecule has 2 aromatic rings. The minimum atomic E-state index is -0.947. The molecule has 1 atom stereocenters. The minimum Gasteiger partial charge on any atom is -0.493 e. The molecule has 0 radical (unpaired) electrons. The van der Waals surface area contributed by atoms with Crippen LogP contribution in [0.15, 0.2) is 36.4 Å². The topological polar surface area (TPSA) is 100 Å². The normalized spacial score (nSPS) is 11.1. The van der Waals surface area contributed by atoms with Crippen LogP contribution in [0.1, 0.15) is 23.6 Å². The second kappa shape index (κ2) is 8.72. The Balaban J connectivity index is 1.99. The second-order valence-corrected chi connectivity index (χ2v) is 6.00. The molecule has 0 spiro atoms. The maximum Gasteiger partial charge on any atom is 0.325 e. The van der Waals surface area contributed by atoms with Crippen LogP contribution in [0.25, 0.3) is 0 Å². The van der Waals surface area contributed by atoms with E-state index >= 15 is 0 Å². The highest BCUT2D eigenvalue weighted by molar-refractivity contribution is 6.02. The summed E-state index contributed by atoms with van der Waals surface area (Å²) in [6.45, 7) is 5.33. The fourth-order valence-corrected chi connectivity index (χ4v) is 2.40. The summed E-state index contributed by atoms with van der Waals surface area (Å²) in [6, 6.07) is 11.5. The van der Waals surface area contributed by atoms with Gasteiger partial charge in [-0.05, 0) is 44.5 Å². The molecule has 0 unspecified atom stereocenters. The number of amides is 3. The van der Waals surface area contributed by atoms with E-state index in [1.807, 2.05) is 32.0 Å². The molecule has 7 heteroatoms. The number of nitrogens with one attached hydrogen (secondary N) is 2. The number of methoxy groups -OCH3 is 1. The van der Waals surface area contributed by atoms with Crippen molar-refractivity contribution in [3.63, 3.8) is 0 Å². The Kier molecular flexibility index (Phi) is 6.39. The van der Waals surface area contributed by atoms with Crippen molar-refractivity contribution in [2.24, 2.45) is 0 Å². The molecule has 0 fully saturated rings. The van der Waals surface area contributed by atoms with Gasteiger partial charge in [0.1, 0.15) is 0 Å². The molecule has 2 rings (SSSR count). The minimum absolute atomic E-state index is 0.300. The molecule has 0 aliphatic carbocycles. The highest BCUT2D eigenvalue weighted by atomic mass is 16.5. The van der Waals surface area contributed by atoms with E-state index in [4.69, 9.17) is 14.7 Å². The lowest BCUT2D eigenvalue weighted by molar-refractivity contribution is -0.126. The van der Waals surface area contributed by atoms with Crippen molar-refractivity contribution < 1.29 is 19.1 Å². The van der Waals surface area contributed by atoms with Crippen LogP contribution in [-0.4, -0.2) is 25.2 Å². The number of benzene rings is 2. The molecule has 2 aromatic carbocycles. The van der Waals surface area contributed by atoms with Crippen molar-refractivity contribution >= 4 is 17.6 Å². The summed E-state index contributed by atoms with van der Waals surface area (Å²) < 4.78 is 10.7. The van der Waals surface area contributed by atoms with Crippen LogP contribution in [-0.2, 0) is 4.79 Å². The summed E-state index contributed by atoms with van der Waals surface area (Å²) in [5.74, 6) is 0.0195. The van der Waals surface area contributed by atoms with E-state index < -0.39 is 18.0 Å². The van der Waals surface area contributed by atoms with E-state index in [0.29, 0.717) is 22.7 Å². The van der Waals surface area contributed by atoms with Gasteiger partial charge in [-0.3, -0.25) is 10.1 Å². The molecule has 0 aliphatic rings. The van der Waals surface area contributed by atoms with Gasteiger partial charge in [0.25, 0.3) is 5.91 Å². The zero-order valence-electron chi connectivity index (χ0n) is 15.6. The van der Waals surface area contributed by atoms with Crippen LogP contribution in [0.5, 0.6) is 11.5 Å². The van der Waals surface area contributed by atoms with Crippen molar-refractivity contribution in [3.05, 3.63) is 53.1 Å². The molecule has 2 N–H and O–H groups in total. The maximum atomic E-state index is 12.2. The van der Waals surface area contributed by atoms with Gasteiger partial charge in [-0.1, -0.05) is 17.7 Å². The first-order chi connectivity index (χ1) is 12.8. The number of aryl methyl sites for hydroxylation is 2. The highest BCUT2D eigenvalue weighted by Gasteiger charge is 2.19. The predicted octanol–water partition coefficient (Wildman–Crippen LogP) is 3.30. The molecule has 0 saturated carbocycles. The Morgan fingerprint density at radius 3 is 2.48 bits per heavy atom. The maximum absolute atomic E-state index is 12.2. The number of imide groups is 1. The average molecular weight is 367 g/mol. The number of nitrogens with zero attached hydrogens (tertiary/aromatic N) is 1. The SMILES string of the molecule is COc1cc(C#N)ccc1O[C@H](C)C(=O)NC(=O)Nc1ccc(C)cc1C. The zero-order valence-corrected chi connectivity index (χ0v) is 15.6. The lowest BCUT2D eigenvalue weighted by Gasteiger charge is -2.17. The summed E-state index contributed by atoms with van der Waals surface area (Å²) in [5.41, 5.74) is 2.99. The summed E-state index contributed by atoms with van der Waals surface area (Å²) in [6.07, 6.45) is -0.947. The standard InChI is InChI=1S/C20H21N3O4/c1-12-5-7-16(13(2)9-12)22-20(25)23-19(24)14(3)27-17-8-6-15(11-21)10-18(17)26-4/h5-10,14H,1-4H3,(H2,22,23,24,25)/t14-/m1/s1. The molecular formula is C20H21N3O4. The van der Waals surface area contributed by atoms with Gasteiger partial charge in [-0.25, -0.2) is 4.79 Å². The molecule has 7 nitrogen and oxygen atoms in total. The molecule has 0 aliphatic heterocycles. The van der Waals surface area contributed by atoms with Crippen LogP contribution >= 0.6 is 0 Å². The van der Waals surface area contributed by atoms with Crippen LogP contribution in [0.4, 0.5) is 10.5 Å². The summed E-state index contributed by atoms with van der Waals surface area (Å²) in [5, 5.41) is 13.8. The highest BCUT2D eigenvalue weighted by Crippen LogP contribution is 2.28. The first-order valence-electron chi connectivity index (χ1n) is 8.28. The molecule has 0 bridgehead atoms. The van der Waals surface area contributed by atoms with Crippen LogP contribution < -0.4 is 20.1 Å². The Hall–Kier alpha value is -3.53. The lowest BCUT2D eigenvalue weighted by atomic mass is 10.1. The van der Waals surface area contributed by atoms with Gasteiger partial charge in [0, 0.05) is 11.8 Å². The third-order valence-corrected chi connectivity index (χ3v) is 3.83. The van der Waals surface area contributed by atoms with Gasteiger partial charge < -0.3 is 14.8 Å². The second-order valence-electron chi connectivity index (χ2n) is 6.00. The van der Waals surface area contributed by atoms with Gasteiger partial charge in [-0.2, -0.15) is 5.26 Å². The van der Waals surface area contributed by atoms with Crippen molar-refractivity contribution in [1.29, 1.82) is 5.26 Å². The number of nitriles is 1. The first-order valence-corrected chi connectivity index (χ1v) is 8.28. The Morgan fingerprint density at radius 1 is 1.11 bits per heavy atom. The Morgan fingerprint density at radius 2 is 1.85 bits per heavy atom. The van der Waals surface area contributed by atoms with Crippen LogP contribution in [0, 0.1) is 25.2 Å². The first kappa shape index (κ1) is 19.8. The number of ether oxygens (including phenoxy) is 2. The Labute approximate surface area is 157 Å². The molecule has 0 saturated heterocycles. The van der Waals surface area contributed by atoms with Gasteiger partial charge >= 0.3 is 6.03 Å². The lowest BCUT2D eigenvalue weighted by Crippen LogP contribution is -2.42. The summed E-state index contributed by atoms with van der Waals surface area (Å²) >= 11 is 0. The van der Waals surface area contributed by atoms with Crippen molar-refractivity contribution in [2.45, 2.75) is 26.9 Å². The number of rotatable bonds is 5. The van der Waals surface area contributed by atoms with Gasteiger partial charge in [0.2, 0.25) is 0 Å². The van der Waals surface area contributed by atoms with E-state index in [2.05, 4.69) is 10.6 Å². The summed E-state index contributed by atoms with van der Waals surface area (Å²) in [7, 11) is 1.44. The quantitative estimate of drug-likeness (QED) is 0.844. The van der Waals surface area contributed by atoms with Gasteiger partial charge in [-0.15, -0.1) is 0 Å². The molecule has 0 heterocycles. The van der Waals surface area contributed by atoms with Crippen molar-refractivity contribution in [2.75, 3.05) is 12.4 Å². The van der Waals surface area contributed by atoms with E-state index in [1.54, 1.807) is 12.1 Å². The smallest absolute Gasteiger partial charge is 0.325 e.